The molecular formula is C23H24N4O4S. The molecule has 0 unspecified atom stereocenters. The number of nitrogens with zero attached hydrogens (tertiary/aromatic N) is 3. The molecule has 2 aromatic heterocycles. The van der Waals surface area contributed by atoms with E-state index in [1.807, 2.05) is 13.0 Å². The molecule has 0 spiro atoms. The molecule has 0 saturated carbocycles. The number of amides is 2. The van der Waals surface area contributed by atoms with Crippen molar-refractivity contribution in [3.63, 3.8) is 0 Å². The van der Waals surface area contributed by atoms with E-state index in [2.05, 4.69) is 15.3 Å². The van der Waals surface area contributed by atoms with Gasteiger partial charge in [-0.05, 0) is 42.8 Å². The number of aryl methyl sites for hydroxylation is 1. The summed E-state index contributed by atoms with van der Waals surface area (Å²) in [7, 11) is 1.60. The predicted octanol–water partition coefficient (Wildman–Crippen LogP) is 3.79. The molecule has 1 N–H and O–H groups in total. The van der Waals surface area contributed by atoms with Crippen LogP contribution in [0.25, 0.3) is 0 Å². The molecule has 1 fully saturated rings. The van der Waals surface area contributed by atoms with Crippen LogP contribution in [0, 0.1) is 6.92 Å². The minimum absolute atomic E-state index is 0.00756. The highest BCUT2D eigenvalue weighted by Crippen LogP contribution is 2.25. The van der Waals surface area contributed by atoms with Crippen molar-refractivity contribution in [2.24, 2.45) is 0 Å². The highest BCUT2D eigenvalue weighted by Gasteiger charge is 2.26. The van der Waals surface area contributed by atoms with E-state index in [0.29, 0.717) is 34.4 Å². The largest absolute Gasteiger partial charge is 0.497 e. The summed E-state index contributed by atoms with van der Waals surface area (Å²) < 4.78 is 11.0. The van der Waals surface area contributed by atoms with Gasteiger partial charge in [0.15, 0.2) is 0 Å². The molecule has 4 rings (SSSR count). The number of ether oxygens (including phenoxy) is 2. The van der Waals surface area contributed by atoms with Crippen LogP contribution in [0.15, 0.2) is 48.9 Å². The normalized spacial score (nSPS) is 14.1. The molecule has 1 aliphatic heterocycles. The summed E-state index contributed by atoms with van der Waals surface area (Å²) in [5.74, 6) is 0.930. The average Bonchev–Trinajstić information content (AvgIpc) is 3.31. The third-order valence-corrected chi connectivity index (χ3v) is 6.35. The van der Waals surface area contributed by atoms with Crippen LogP contribution in [0.2, 0.25) is 0 Å². The van der Waals surface area contributed by atoms with Gasteiger partial charge in [0, 0.05) is 44.0 Å². The van der Waals surface area contributed by atoms with E-state index in [4.69, 9.17) is 9.47 Å². The number of benzene rings is 1. The molecule has 1 saturated heterocycles. The fourth-order valence-electron chi connectivity index (χ4n) is 3.51. The van der Waals surface area contributed by atoms with Crippen LogP contribution >= 0.6 is 11.3 Å². The first kappa shape index (κ1) is 21.8. The number of piperidine rings is 1. The van der Waals surface area contributed by atoms with Gasteiger partial charge in [0.1, 0.15) is 11.9 Å². The van der Waals surface area contributed by atoms with E-state index in [1.165, 1.54) is 11.3 Å². The third-order valence-electron chi connectivity index (χ3n) is 5.28. The summed E-state index contributed by atoms with van der Waals surface area (Å²) in [5.41, 5.74) is 1.61. The zero-order valence-electron chi connectivity index (χ0n) is 17.9. The summed E-state index contributed by atoms with van der Waals surface area (Å²) in [6.07, 6.45) is 6.22. The van der Waals surface area contributed by atoms with Gasteiger partial charge >= 0.3 is 0 Å². The maximum atomic E-state index is 12.9. The second-order valence-corrected chi connectivity index (χ2v) is 8.54. The molecule has 166 valence electrons. The number of carbonyl (C=O) groups is 2. The van der Waals surface area contributed by atoms with Crippen LogP contribution in [0.5, 0.6) is 11.6 Å². The van der Waals surface area contributed by atoms with Crippen molar-refractivity contribution >= 4 is 28.8 Å². The fourth-order valence-corrected chi connectivity index (χ4v) is 4.38. The summed E-state index contributed by atoms with van der Waals surface area (Å²) in [6, 6.07) is 8.86. The summed E-state index contributed by atoms with van der Waals surface area (Å²) in [5, 5.41) is 2.90. The Morgan fingerprint density at radius 3 is 2.59 bits per heavy atom. The van der Waals surface area contributed by atoms with Crippen molar-refractivity contribution in [1.29, 1.82) is 0 Å². The molecule has 2 amide bonds. The zero-order valence-corrected chi connectivity index (χ0v) is 18.7. The van der Waals surface area contributed by atoms with Crippen LogP contribution in [0.4, 0.5) is 5.69 Å². The van der Waals surface area contributed by atoms with Crippen LogP contribution in [0.1, 0.15) is 37.7 Å². The van der Waals surface area contributed by atoms with Gasteiger partial charge in [-0.3, -0.25) is 14.6 Å². The topological polar surface area (TPSA) is 93.7 Å². The lowest BCUT2D eigenvalue weighted by molar-refractivity contribution is 0.0591. The second kappa shape index (κ2) is 9.78. The molecule has 8 nitrogen and oxygen atoms in total. The van der Waals surface area contributed by atoms with Crippen molar-refractivity contribution in [3.05, 3.63) is 64.2 Å². The van der Waals surface area contributed by atoms with Crippen molar-refractivity contribution in [2.75, 3.05) is 25.5 Å². The van der Waals surface area contributed by atoms with E-state index >= 15 is 0 Å². The summed E-state index contributed by atoms with van der Waals surface area (Å²) in [4.78, 5) is 36.6. The van der Waals surface area contributed by atoms with Crippen LogP contribution in [0.3, 0.4) is 0 Å². The molecule has 0 atom stereocenters. The first-order valence-corrected chi connectivity index (χ1v) is 11.1. The van der Waals surface area contributed by atoms with E-state index in [0.717, 1.165) is 24.2 Å². The minimum atomic E-state index is -0.238. The lowest BCUT2D eigenvalue weighted by Gasteiger charge is -2.31. The highest BCUT2D eigenvalue weighted by atomic mass is 32.1. The molecule has 0 radical (unpaired) electrons. The molecule has 0 aliphatic carbocycles. The number of aromatic nitrogens is 2. The third kappa shape index (κ3) is 5.05. The van der Waals surface area contributed by atoms with Gasteiger partial charge in [0.05, 0.1) is 23.1 Å². The van der Waals surface area contributed by atoms with Crippen LogP contribution in [-0.4, -0.2) is 53.0 Å². The molecule has 32 heavy (non-hydrogen) atoms. The van der Waals surface area contributed by atoms with Crippen molar-refractivity contribution in [1.82, 2.24) is 14.9 Å². The van der Waals surface area contributed by atoms with Crippen LogP contribution < -0.4 is 14.8 Å². The SMILES string of the molecule is COc1ccc(NC(=O)c2ccc(C(=O)N3CCC(Oc4cnccn4)CC3)s2)c(C)c1. The number of rotatable bonds is 6. The van der Waals surface area contributed by atoms with Gasteiger partial charge in [-0.2, -0.15) is 0 Å². The van der Waals surface area contributed by atoms with Crippen molar-refractivity contribution < 1.29 is 19.1 Å². The lowest BCUT2D eigenvalue weighted by Crippen LogP contribution is -2.41. The van der Waals surface area contributed by atoms with Crippen LogP contribution in [-0.2, 0) is 0 Å². The quantitative estimate of drug-likeness (QED) is 0.612. The number of hydrogen-bond donors (Lipinski definition) is 1. The summed E-state index contributed by atoms with van der Waals surface area (Å²) >= 11 is 1.20. The number of nitrogens with one attached hydrogen (secondary N) is 1. The zero-order chi connectivity index (χ0) is 22.5. The number of likely N-dealkylation sites (tertiary alicyclic amines) is 1. The average molecular weight is 453 g/mol. The fraction of sp³-hybridized carbons (Fsp3) is 0.304. The Balaban J connectivity index is 1.33. The number of anilines is 1. The van der Waals surface area contributed by atoms with Crippen molar-refractivity contribution in [2.45, 2.75) is 25.9 Å². The van der Waals surface area contributed by atoms with E-state index in [9.17, 15) is 9.59 Å². The first-order valence-electron chi connectivity index (χ1n) is 10.3. The lowest BCUT2D eigenvalue weighted by atomic mass is 10.1. The highest BCUT2D eigenvalue weighted by molar-refractivity contribution is 7.16. The van der Waals surface area contributed by atoms with Gasteiger partial charge in [-0.1, -0.05) is 0 Å². The molecule has 0 bridgehead atoms. The molecule has 9 heteroatoms. The van der Waals surface area contributed by atoms with Gasteiger partial charge in [0.25, 0.3) is 11.8 Å². The monoisotopic (exact) mass is 452 g/mol. The van der Waals surface area contributed by atoms with Gasteiger partial charge in [0.2, 0.25) is 5.88 Å². The van der Waals surface area contributed by atoms with Gasteiger partial charge < -0.3 is 19.7 Å². The van der Waals surface area contributed by atoms with Gasteiger partial charge in [-0.25, -0.2) is 4.98 Å². The van der Waals surface area contributed by atoms with E-state index in [1.54, 1.807) is 54.9 Å². The van der Waals surface area contributed by atoms with E-state index < -0.39 is 0 Å². The maximum Gasteiger partial charge on any atom is 0.265 e. The van der Waals surface area contributed by atoms with Gasteiger partial charge in [-0.15, -0.1) is 11.3 Å². The van der Waals surface area contributed by atoms with E-state index in [-0.39, 0.29) is 17.9 Å². The molecule has 3 heterocycles. The Hall–Kier alpha value is -3.46. The Kier molecular flexibility index (Phi) is 6.65. The molecular weight excluding hydrogens is 428 g/mol. The number of hydrogen-bond acceptors (Lipinski definition) is 7. The minimum Gasteiger partial charge on any atom is -0.497 e. The molecule has 3 aromatic rings. The Morgan fingerprint density at radius 1 is 1.12 bits per heavy atom. The molecule has 1 aliphatic rings. The number of thiophene rings is 1. The summed E-state index contributed by atoms with van der Waals surface area (Å²) in [6.45, 7) is 3.09. The number of methoxy groups -OCH3 is 1. The molecule has 1 aromatic carbocycles. The second-order valence-electron chi connectivity index (χ2n) is 7.45. The number of carbonyl (C=O) groups excluding carboxylic acids is 2. The Bertz CT molecular complexity index is 1090. The Morgan fingerprint density at radius 2 is 1.91 bits per heavy atom. The predicted molar refractivity (Wildman–Crippen MR) is 122 cm³/mol. The maximum absolute atomic E-state index is 12.9. The Labute approximate surface area is 190 Å². The first-order chi connectivity index (χ1) is 15.5. The standard InChI is InChI=1S/C23H24N4O4S/c1-15-13-17(30-2)3-4-18(15)26-22(28)19-5-6-20(32-19)23(29)27-11-7-16(8-12-27)31-21-14-24-9-10-25-21/h3-6,9-10,13-14,16H,7-8,11-12H2,1-2H3,(H,26,28). The van der Waals surface area contributed by atoms with Crippen molar-refractivity contribution in [3.8, 4) is 11.6 Å². The smallest absolute Gasteiger partial charge is 0.265 e.